The number of nitrogens with one attached hydrogen (secondary N) is 2. The third kappa shape index (κ3) is 2.67. The van der Waals surface area contributed by atoms with Crippen LogP contribution in [0.15, 0.2) is 4.99 Å². The van der Waals surface area contributed by atoms with Gasteiger partial charge in [-0.25, -0.2) is 0 Å². The Morgan fingerprint density at radius 2 is 2.00 bits per heavy atom. The summed E-state index contributed by atoms with van der Waals surface area (Å²) in [6, 6.07) is 1.44. The van der Waals surface area contributed by atoms with E-state index in [-0.39, 0.29) is 0 Å². The van der Waals surface area contributed by atoms with Crippen LogP contribution in [0.5, 0.6) is 0 Å². The average molecular weight is 224 g/mol. The molecule has 1 saturated heterocycles. The van der Waals surface area contributed by atoms with Crippen LogP contribution in [0.4, 0.5) is 0 Å². The molecule has 1 atom stereocenters. The standard InChI is InChI=1S/C12H24N4/c1-13-12(14-2)15-10-7-8-16(9-10)11-5-3-4-6-11/h10-11H,3-9H2,1-2H3,(H2,13,14,15). The molecule has 0 bridgehead atoms. The first-order valence-electron chi connectivity index (χ1n) is 6.48. The summed E-state index contributed by atoms with van der Waals surface area (Å²) in [5.41, 5.74) is 0. The molecule has 0 amide bonds. The van der Waals surface area contributed by atoms with Gasteiger partial charge in [0.15, 0.2) is 5.96 Å². The van der Waals surface area contributed by atoms with Gasteiger partial charge in [-0.15, -0.1) is 0 Å². The fourth-order valence-electron chi connectivity index (χ4n) is 2.95. The molecule has 2 aliphatic rings. The Morgan fingerprint density at radius 3 is 2.62 bits per heavy atom. The number of aliphatic imine (C=N–C) groups is 1. The number of rotatable bonds is 2. The van der Waals surface area contributed by atoms with Crippen molar-refractivity contribution < 1.29 is 0 Å². The van der Waals surface area contributed by atoms with Crippen molar-refractivity contribution >= 4 is 5.96 Å². The summed E-state index contributed by atoms with van der Waals surface area (Å²) in [5.74, 6) is 0.915. The average Bonchev–Trinajstić information content (AvgIpc) is 2.96. The maximum Gasteiger partial charge on any atom is 0.190 e. The van der Waals surface area contributed by atoms with Crippen molar-refractivity contribution in [2.24, 2.45) is 4.99 Å². The molecule has 16 heavy (non-hydrogen) atoms. The van der Waals surface area contributed by atoms with Crippen molar-refractivity contribution in [2.75, 3.05) is 27.2 Å². The van der Waals surface area contributed by atoms with Gasteiger partial charge < -0.3 is 10.6 Å². The molecule has 0 radical (unpaired) electrons. The molecule has 4 nitrogen and oxygen atoms in total. The van der Waals surface area contributed by atoms with E-state index < -0.39 is 0 Å². The Balaban J connectivity index is 1.78. The summed E-state index contributed by atoms with van der Waals surface area (Å²) >= 11 is 0. The largest absolute Gasteiger partial charge is 0.359 e. The van der Waals surface area contributed by atoms with Crippen molar-refractivity contribution in [3.63, 3.8) is 0 Å². The maximum absolute atomic E-state index is 4.17. The van der Waals surface area contributed by atoms with Gasteiger partial charge >= 0.3 is 0 Å². The van der Waals surface area contributed by atoms with Crippen molar-refractivity contribution in [3.05, 3.63) is 0 Å². The number of hydrogen-bond acceptors (Lipinski definition) is 2. The lowest BCUT2D eigenvalue weighted by Crippen LogP contribution is -2.44. The fourth-order valence-corrected chi connectivity index (χ4v) is 2.95. The number of hydrogen-bond donors (Lipinski definition) is 2. The van der Waals surface area contributed by atoms with E-state index in [1.54, 1.807) is 0 Å². The third-order valence-electron chi connectivity index (χ3n) is 3.86. The molecule has 1 heterocycles. The van der Waals surface area contributed by atoms with Gasteiger partial charge in [0.2, 0.25) is 0 Å². The van der Waals surface area contributed by atoms with E-state index in [4.69, 9.17) is 0 Å². The lowest BCUT2D eigenvalue weighted by atomic mass is 10.2. The van der Waals surface area contributed by atoms with E-state index in [0.717, 1.165) is 12.0 Å². The lowest BCUT2D eigenvalue weighted by Gasteiger charge is -2.23. The topological polar surface area (TPSA) is 39.7 Å². The minimum atomic E-state index is 0.576. The zero-order valence-corrected chi connectivity index (χ0v) is 10.5. The first kappa shape index (κ1) is 11.7. The van der Waals surface area contributed by atoms with Crippen molar-refractivity contribution in [1.82, 2.24) is 15.5 Å². The van der Waals surface area contributed by atoms with Gasteiger partial charge in [-0.05, 0) is 19.3 Å². The summed E-state index contributed by atoms with van der Waals surface area (Å²) in [6.45, 7) is 2.44. The summed E-state index contributed by atoms with van der Waals surface area (Å²) in [6.07, 6.45) is 6.92. The van der Waals surface area contributed by atoms with Crippen molar-refractivity contribution in [2.45, 2.75) is 44.2 Å². The number of nitrogens with zero attached hydrogens (tertiary/aromatic N) is 2. The second-order valence-electron chi connectivity index (χ2n) is 4.89. The monoisotopic (exact) mass is 224 g/mol. The quantitative estimate of drug-likeness (QED) is 0.538. The molecule has 0 spiro atoms. The van der Waals surface area contributed by atoms with Crippen LogP contribution < -0.4 is 10.6 Å². The molecule has 0 aromatic rings. The summed E-state index contributed by atoms with van der Waals surface area (Å²) in [5, 5.41) is 6.55. The van der Waals surface area contributed by atoms with Crippen LogP contribution >= 0.6 is 0 Å². The van der Waals surface area contributed by atoms with Crippen LogP contribution in [0.3, 0.4) is 0 Å². The van der Waals surface area contributed by atoms with Crippen LogP contribution in [-0.2, 0) is 0 Å². The molecule has 0 aromatic heterocycles. The molecule has 1 aliphatic carbocycles. The van der Waals surface area contributed by atoms with Crippen LogP contribution in [0.2, 0.25) is 0 Å². The highest BCUT2D eigenvalue weighted by Gasteiger charge is 2.29. The molecule has 2 N–H and O–H groups in total. The highest BCUT2D eigenvalue weighted by molar-refractivity contribution is 5.79. The van der Waals surface area contributed by atoms with Gasteiger partial charge in [0.1, 0.15) is 0 Å². The minimum absolute atomic E-state index is 0.576. The fraction of sp³-hybridized carbons (Fsp3) is 0.917. The van der Waals surface area contributed by atoms with Gasteiger partial charge in [0.05, 0.1) is 0 Å². The molecule has 0 aromatic carbocycles. The van der Waals surface area contributed by atoms with E-state index >= 15 is 0 Å². The summed E-state index contributed by atoms with van der Waals surface area (Å²) in [7, 11) is 3.74. The molecule has 1 aliphatic heterocycles. The molecule has 4 heteroatoms. The van der Waals surface area contributed by atoms with Gasteiger partial charge in [0.25, 0.3) is 0 Å². The van der Waals surface area contributed by atoms with E-state index in [9.17, 15) is 0 Å². The highest BCUT2D eigenvalue weighted by atomic mass is 15.2. The molecular weight excluding hydrogens is 200 g/mol. The first-order chi connectivity index (χ1) is 7.83. The number of guanidine groups is 1. The molecular formula is C12H24N4. The molecule has 1 saturated carbocycles. The Kier molecular flexibility index (Phi) is 4.04. The van der Waals surface area contributed by atoms with Gasteiger partial charge in [-0.2, -0.15) is 0 Å². The Labute approximate surface area is 98.5 Å². The zero-order valence-electron chi connectivity index (χ0n) is 10.5. The Hall–Kier alpha value is -0.770. The molecule has 92 valence electrons. The van der Waals surface area contributed by atoms with Crippen LogP contribution in [-0.4, -0.2) is 50.1 Å². The molecule has 2 rings (SSSR count). The van der Waals surface area contributed by atoms with Gasteiger partial charge in [0, 0.05) is 39.3 Å². The van der Waals surface area contributed by atoms with Crippen LogP contribution in [0.1, 0.15) is 32.1 Å². The van der Waals surface area contributed by atoms with Crippen molar-refractivity contribution in [1.29, 1.82) is 0 Å². The lowest BCUT2D eigenvalue weighted by molar-refractivity contribution is 0.242. The molecule has 1 unspecified atom stereocenters. The number of likely N-dealkylation sites (tertiary alicyclic amines) is 1. The second kappa shape index (κ2) is 5.53. The first-order valence-corrected chi connectivity index (χ1v) is 6.48. The summed E-state index contributed by atoms with van der Waals surface area (Å²) in [4.78, 5) is 6.83. The van der Waals surface area contributed by atoms with E-state index in [0.29, 0.717) is 6.04 Å². The Morgan fingerprint density at radius 1 is 1.25 bits per heavy atom. The zero-order chi connectivity index (χ0) is 11.4. The van der Waals surface area contributed by atoms with Crippen LogP contribution in [0.25, 0.3) is 0 Å². The SMILES string of the molecule is CN=C(NC)NC1CCN(C2CCCC2)C1. The minimum Gasteiger partial charge on any atom is -0.359 e. The predicted octanol–water partition coefficient (Wildman–Crippen LogP) is 0.798. The van der Waals surface area contributed by atoms with Gasteiger partial charge in [-0.3, -0.25) is 9.89 Å². The normalized spacial score (nSPS) is 28.6. The highest BCUT2D eigenvalue weighted by Crippen LogP contribution is 2.26. The predicted molar refractivity (Wildman–Crippen MR) is 67.8 cm³/mol. The van der Waals surface area contributed by atoms with E-state index in [1.165, 1.54) is 45.2 Å². The van der Waals surface area contributed by atoms with Crippen molar-refractivity contribution in [3.8, 4) is 0 Å². The smallest absolute Gasteiger partial charge is 0.190 e. The summed E-state index contributed by atoms with van der Waals surface area (Å²) < 4.78 is 0. The Bertz CT molecular complexity index is 245. The third-order valence-corrected chi connectivity index (χ3v) is 3.86. The van der Waals surface area contributed by atoms with Gasteiger partial charge in [-0.1, -0.05) is 12.8 Å². The van der Waals surface area contributed by atoms with E-state index in [1.807, 2.05) is 14.1 Å². The van der Waals surface area contributed by atoms with Crippen LogP contribution in [0, 0.1) is 0 Å². The van der Waals surface area contributed by atoms with E-state index in [2.05, 4.69) is 20.5 Å². The molecule has 2 fully saturated rings. The second-order valence-corrected chi connectivity index (χ2v) is 4.89. The maximum atomic E-state index is 4.17.